The highest BCUT2D eigenvalue weighted by Crippen LogP contribution is 2.32. The van der Waals surface area contributed by atoms with Crippen molar-refractivity contribution in [1.29, 1.82) is 0 Å². The maximum absolute atomic E-state index is 12.8. The molecule has 1 saturated heterocycles. The number of pyridine rings is 1. The Morgan fingerprint density at radius 3 is 2.59 bits per heavy atom. The van der Waals surface area contributed by atoms with Crippen LogP contribution in [0, 0.1) is 6.92 Å². The first-order valence-electron chi connectivity index (χ1n) is 10.1. The summed E-state index contributed by atoms with van der Waals surface area (Å²) in [5.41, 5.74) is 3.87. The summed E-state index contributed by atoms with van der Waals surface area (Å²) in [7, 11) is 0. The average Bonchev–Trinajstić information content (AvgIpc) is 3.06. The minimum Gasteiger partial charge on any atom is -0.322 e. The van der Waals surface area contributed by atoms with Crippen molar-refractivity contribution in [2.75, 3.05) is 18.4 Å². The van der Waals surface area contributed by atoms with Crippen LogP contribution >= 0.6 is 11.6 Å². The van der Waals surface area contributed by atoms with Gasteiger partial charge in [0.05, 0.1) is 27.7 Å². The minimum atomic E-state index is -0.268. The van der Waals surface area contributed by atoms with Crippen molar-refractivity contribution in [3.63, 3.8) is 0 Å². The lowest BCUT2D eigenvalue weighted by Crippen LogP contribution is -2.30. The number of amides is 1. The number of hydrogen-bond donors (Lipinski definition) is 2. The van der Waals surface area contributed by atoms with Gasteiger partial charge in [0.15, 0.2) is 5.65 Å². The molecule has 6 nitrogen and oxygen atoms in total. The van der Waals surface area contributed by atoms with Crippen LogP contribution in [-0.2, 0) is 0 Å². The van der Waals surface area contributed by atoms with E-state index < -0.39 is 0 Å². The van der Waals surface area contributed by atoms with E-state index >= 15 is 0 Å². The van der Waals surface area contributed by atoms with Crippen molar-refractivity contribution in [2.45, 2.75) is 45.6 Å². The van der Waals surface area contributed by atoms with Gasteiger partial charge >= 0.3 is 0 Å². The molecule has 3 heterocycles. The molecule has 2 N–H and O–H groups in total. The summed E-state index contributed by atoms with van der Waals surface area (Å²) >= 11 is 6.66. The van der Waals surface area contributed by atoms with E-state index in [0.29, 0.717) is 22.5 Å². The Morgan fingerprint density at radius 2 is 1.93 bits per heavy atom. The lowest BCUT2D eigenvalue weighted by Gasteiger charge is -2.23. The SMILES string of the molecule is Cc1nn(C2CCNCC2)c2ncc(C(=O)Nc3ccc(C(C)C)cc3)c(Cl)c12. The molecule has 0 unspecified atom stereocenters. The maximum Gasteiger partial charge on any atom is 0.258 e. The molecular weight excluding hydrogens is 386 g/mol. The van der Waals surface area contributed by atoms with Gasteiger partial charge < -0.3 is 10.6 Å². The topological polar surface area (TPSA) is 71.8 Å². The summed E-state index contributed by atoms with van der Waals surface area (Å²) in [4.78, 5) is 17.4. The Labute approximate surface area is 175 Å². The Morgan fingerprint density at radius 1 is 1.24 bits per heavy atom. The Bertz CT molecular complexity index is 1040. The van der Waals surface area contributed by atoms with E-state index in [9.17, 15) is 4.79 Å². The number of hydrogen-bond acceptors (Lipinski definition) is 4. The van der Waals surface area contributed by atoms with Crippen molar-refractivity contribution >= 4 is 34.2 Å². The largest absolute Gasteiger partial charge is 0.322 e. The van der Waals surface area contributed by atoms with E-state index in [-0.39, 0.29) is 5.91 Å². The highest BCUT2D eigenvalue weighted by molar-refractivity contribution is 6.39. The molecule has 0 bridgehead atoms. The lowest BCUT2D eigenvalue weighted by molar-refractivity contribution is 0.102. The van der Waals surface area contributed by atoms with Crippen molar-refractivity contribution in [2.24, 2.45) is 0 Å². The number of anilines is 1. The predicted octanol–water partition coefficient (Wildman–Crippen LogP) is 4.69. The zero-order valence-electron chi connectivity index (χ0n) is 17.0. The maximum atomic E-state index is 12.8. The molecule has 7 heteroatoms. The predicted molar refractivity (Wildman–Crippen MR) is 117 cm³/mol. The minimum absolute atomic E-state index is 0.268. The number of aryl methyl sites for hydroxylation is 1. The fraction of sp³-hybridized carbons (Fsp3) is 0.409. The van der Waals surface area contributed by atoms with Crippen LogP contribution in [0.4, 0.5) is 5.69 Å². The van der Waals surface area contributed by atoms with Gasteiger partial charge in [-0.25, -0.2) is 9.67 Å². The third kappa shape index (κ3) is 3.87. The second-order valence-electron chi connectivity index (χ2n) is 7.93. The summed E-state index contributed by atoms with van der Waals surface area (Å²) in [5, 5.41) is 12.1. The number of halogens is 1. The zero-order chi connectivity index (χ0) is 20.5. The number of benzene rings is 1. The first kappa shape index (κ1) is 19.9. The summed E-state index contributed by atoms with van der Waals surface area (Å²) in [6, 6.07) is 8.17. The fourth-order valence-electron chi connectivity index (χ4n) is 3.85. The molecular formula is C22H26ClN5O. The quantitative estimate of drug-likeness (QED) is 0.653. The van der Waals surface area contributed by atoms with E-state index in [4.69, 9.17) is 16.7 Å². The number of rotatable bonds is 4. The van der Waals surface area contributed by atoms with Crippen molar-refractivity contribution in [3.8, 4) is 0 Å². The third-order valence-electron chi connectivity index (χ3n) is 5.57. The van der Waals surface area contributed by atoms with E-state index in [1.807, 2.05) is 35.9 Å². The molecule has 1 aromatic carbocycles. The average molecular weight is 412 g/mol. The third-order valence-corrected chi connectivity index (χ3v) is 5.96. The van der Waals surface area contributed by atoms with E-state index in [2.05, 4.69) is 29.5 Å². The Hall–Kier alpha value is -2.44. The smallest absolute Gasteiger partial charge is 0.258 e. The molecule has 1 aliphatic rings. The summed E-state index contributed by atoms with van der Waals surface area (Å²) in [6.45, 7) is 8.13. The molecule has 152 valence electrons. The van der Waals surface area contributed by atoms with Gasteiger partial charge in [-0.1, -0.05) is 37.6 Å². The standard InChI is InChI=1S/C22H26ClN5O/c1-13(2)15-4-6-16(7-5-15)26-22(29)18-12-25-21-19(20(18)23)14(3)27-28(21)17-8-10-24-11-9-17/h4-7,12-13,17,24H,8-11H2,1-3H3,(H,26,29). The van der Waals surface area contributed by atoms with E-state index in [1.54, 1.807) is 6.20 Å². The zero-order valence-corrected chi connectivity index (χ0v) is 17.8. The van der Waals surface area contributed by atoms with Gasteiger partial charge in [-0.15, -0.1) is 0 Å². The normalized spacial score (nSPS) is 15.2. The van der Waals surface area contributed by atoms with E-state index in [0.717, 1.165) is 48.3 Å². The Kier molecular flexibility index (Phi) is 5.56. The van der Waals surface area contributed by atoms with Crippen LogP contribution in [-0.4, -0.2) is 33.8 Å². The van der Waals surface area contributed by atoms with Crippen molar-refractivity contribution in [1.82, 2.24) is 20.1 Å². The molecule has 0 spiro atoms. The monoisotopic (exact) mass is 411 g/mol. The van der Waals surface area contributed by atoms with Gasteiger partial charge in [-0.2, -0.15) is 5.10 Å². The molecule has 1 amide bonds. The number of carbonyl (C=O) groups is 1. The highest BCUT2D eigenvalue weighted by atomic mass is 35.5. The number of nitrogens with one attached hydrogen (secondary N) is 2. The van der Waals surface area contributed by atoms with Crippen LogP contribution < -0.4 is 10.6 Å². The van der Waals surface area contributed by atoms with Gasteiger partial charge in [0.2, 0.25) is 0 Å². The van der Waals surface area contributed by atoms with Crippen LogP contribution in [0.3, 0.4) is 0 Å². The van der Waals surface area contributed by atoms with Gasteiger partial charge in [0.1, 0.15) is 0 Å². The molecule has 0 atom stereocenters. The highest BCUT2D eigenvalue weighted by Gasteiger charge is 2.24. The summed E-state index contributed by atoms with van der Waals surface area (Å²) in [5.74, 6) is 0.177. The van der Waals surface area contributed by atoms with Crippen molar-refractivity contribution in [3.05, 3.63) is 52.3 Å². The molecule has 29 heavy (non-hydrogen) atoms. The first-order valence-corrected chi connectivity index (χ1v) is 10.5. The molecule has 0 radical (unpaired) electrons. The van der Waals surface area contributed by atoms with Gasteiger partial charge in [-0.3, -0.25) is 4.79 Å². The van der Waals surface area contributed by atoms with Crippen LogP contribution in [0.15, 0.2) is 30.5 Å². The number of aromatic nitrogens is 3. The molecule has 4 rings (SSSR count). The number of nitrogens with zero attached hydrogens (tertiary/aromatic N) is 3. The molecule has 3 aromatic rings. The molecule has 0 saturated carbocycles. The van der Waals surface area contributed by atoms with Crippen molar-refractivity contribution < 1.29 is 4.79 Å². The first-order chi connectivity index (χ1) is 14.0. The molecule has 2 aromatic heterocycles. The summed E-state index contributed by atoms with van der Waals surface area (Å²) < 4.78 is 1.98. The lowest BCUT2D eigenvalue weighted by atomic mass is 10.0. The van der Waals surface area contributed by atoms with Gasteiger partial charge in [-0.05, 0) is 56.5 Å². The number of piperidine rings is 1. The number of carbonyl (C=O) groups excluding carboxylic acids is 1. The van der Waals surface area contributed by atoms with E-state index in [1.165, 1.54) is 5.56 Å². The molecule has 1 aliphatic heterocycles. The second kappa shape index (κ2) is 8.13. The summed E-state index contributed by atoms with van der Waals surface area (Å²) in [6.07, 6.45) is 3.56. The van der Waals surface area contributed by atoms with Crippen LogP contribution in [0.25, 0.3) is 11.0 Å². The molecule has 1 fully saturated rings. The van der Waals surface area contributed by atoms with Crippen LogP contribution in [0.1, 0.15) is 60.3 Å². The Balaban J connectivity index is 1.63. The second-order valence-corrected chi connectivity index (χ2v) is 8.30. The fourth-order valence-corrected chi connectivity index (χ4v) is 4.20. The molecule has 0 aliphatic carbocycles. The van der Waals surface area contributed by atoms with Crippen LogP contribution in [0.5, 0.6) is 0 Å². The van der Waals surface area contributed by atoms with Gasteiger partial charge in [0, 0.05) is 11.9 Å². The number of fused-ring (bicyclic) bond motifs is 1. The van der Waals surface area contributed by atoms with Gasteiger partial charge in [0.25, 0.3) is 5.91 Å². The van der Waals surface area contributed by atoms with Crippen LogP contribution in [0.2, 0.25) is 5.02 Å².